The van der Waals surface area contributed by atoms with Gasteiger partial charge in [0, 0.05) is 44.2 Å². The van der Waals surface area contributed by atoms with Crippen LogP contribution in [0.5, 0.6) is 0 Å². The van der Waals surface area contributed by atoms with Crippen LogP contribution in [0.2, 0.25) is 0 Å². The van der Waals surface area contributed by atoms with Crippen molar-refractivity contribution in [3.63, 3.8) is 0 Å². The number of hydrogen-bond donors (Lipinski definition) is 1. The highest BCUT2D eigenvalue weighted by molar-refractivity contribution is 7.89. The van der Waals surface area contributed by atoms with Crippen molar-refractivity contribution < 1.29 is 13.2 Å². The summed E-state index contributed by atoms with van der Waals surface area (Å²) in [6.07, 6.45) is 0.781. The lowest BCUT2D eigenvalue weighted by Gasteiger charge is -2.18. The molecule has 33 heavy (non-hydrogen) atoms. The van der Waals surface area contributed by atoms with Gasteiger partial charge in [-0.25, -0.2) is 13.4 Å². The zero-order valence-corrected chi connectivity index (χ0v) is 20.7. The number of nitrogens with zero attached hydrogens (tertiary/aromatic N) is 3. The molecule has 4 aromatic rings. The first-order valence-electron chi connectivity index (χ1n) is 11.0. The summed E-state index contributed by atoms with van der Waals surface area (Å²) in [4.78, 5) is 17.3. The van der Waals surface area contributed by atoms with Gasteiger partial charge in [-0.3, -0.25) is 4.79 Å². The first-order valence-corrected chi connectivity index (χ1v) is 13.3. The minimum atomic E-state index is -3.55. The number of imidazole rings is 1. The smallest absolute Gasteiger partial charge is 0.243 e. The first kappa shape index (κ1) is 23.4. The average Bonchev–Trinajstić information content (AvgIpc) is 3.37. The molecule has 0 aliphatic carbocycles. The highest BCUT2D eigenvalue weighted by Gasteiger charge is 2.22. The second kappa shape index (κ2) is 9.62. The van der Waals surface area contributed by atoms with Crippen molar-refractivity contribution in [2.24, 2.45) is 7.05 Å². The molecular weight excluding hydrogens is 456 g/mol. The third-order valence-corrected chi connectivity index (χ3v) is 8.96. The molecule has 0 unspecified atom stereocenters. The molecule has 0 fully saturated rings. The lowest BCUT2D eigenvalue weighted by Crippen LogP contribution is -2.30. The SMILES string of the molecule is CCN(CC)S(=O)(=O)c1ccc2c(c1)nc(CCC(=O)NCc1csc3ccccc13)n2C. The molecule has 1 N–H and O–H groups in total. The summed E-state index contributed by atoms with van der Waals surface area (Å²) in [7, 11) is -1.66. The van der Waals surface area contributed by atoms with Crippen LogP contribution in [0, 0.1) is 0 Å². The molecule has 0 saturated heterocycles. The van der Waals surface area contributed by atoms with Crippen molar-refractivity contribution in [3.05, 3.63) is 59.2 Å². The van der Waals surface area contributed by atoms with E-state index in [-0.39, 0.29) is 10.8 Å². The van der Waals surface area contributed by atoms with Gasteiger partial charge >= 0.3 is 0 Å². The van der Waals surface area contributed by atoms with E-state index in [0.29, 0.717) is 38.0 Å². The number of carbonyl (C=O) groups excluding carboxylic acids is 1. The van der Waals surface area contributed by atoms with E-state index in [2.05, 4.69) is 27.8 Å². The molecule has 0 atom stereocenters. The minimum Gasteiger partial charge on any atom is -0.352 e. The quantitative estimate of drug-likeness (QED) is 0.388. The van der Waals surface area contributed by atoms with Crippen molar-refractivity contribution in [3.8, 4) is 0 Å². The molecule has 9 heteroatoms. The number of carbonyl (C=O) groups is 1. The Morgan fingerprint density at radius 1 is 1.15 bits per heavy atom. The third-order valence-electron chi connectivity index (χ3n) is 5.90. The predicted molar refractivity (Wildman–Crippen MR) is 133 cm³/mol. The van der Waals surface area contributed by atoms with Crippen LogP contribution in [0.4, 0.5) is 0 Å². The second-order valence-corrected chi connectivity index (χ2v) is 10.7. The second-order valence-electron chi connectivity index (χ2n) is 7.86. The number of sulfonamides is 1. The van der Waals surface area contributed by atoms with E-state index in [1.165, 1.54) is 14.4 Å². The van der Waals surface area contributed by atoms with Gasteiger partial charge < -0.3 is 9.88 Å². The van der Waals surface area contributed by atoms with E-state index >= 15 is 0 Å². The normalized spacial score (nSPS) is 12.1. The molecule has 0 aliphatic rings. The monoisotopic (exact) mass is 484 g/mol. The molecule has 1 amide bonds. The van der Waals surface area contributed by atoms with E-state index in [9.17, 15) is 13.2 Å². The van der Waals surface area contributed by atoms with Gasteiger partial charge in [0.15, 0.2) is 0 Å². The summed E-state index contributed by atoms with van der Waals surface area (Å²) in [6, 6.07) is 13.2. The topological polar surface area (TPSA) is 84.3 Å². The molecule has 2 aromatic heterocycles. The molecule has 0 saturated carbocycles. The number of benzene rings is 2. The molecule has 4 rings (SSSR count). The lowest BCUT2D eigenvalue weighted by atomic mass is 10.2. The summed E-state index contributed by atoms with van der Waals surface area (Å²) >= 11 is 1.68. The van der Waals surface area contributed by atoms with Crippen molar-refractivity contribution in [1.29, 1.82) is 0 Å². The zero-order valence-electron chi connectivity index (χ0n) is 19.0. The van der Waals surface area contributed by atoms with Gasteiger partial charge in [-0.2, -0.15) is 4.31 Å². The summed E-state index contributed by atoms with van der Waals surface area (Å²) in [5, 5.41) is 6.26. The van der Waals surface area contributed by atoms with Crippen LogP contribution in [-0.2, 0) is 34.8 Å². The molecule has 0 aliphatic heterocycles. The Hall–Kier alpha value is -2.75. The van der Waals surface area contributed by atoms with Gasteiger partial charge in [-0.15, -0.1) is 11.3 Å². The largest absolute Gasteiger partial charge is 0.352 e. The maximum atomic E-state index is 12.8. The molecular formula is C24H28N4O3S2. The van der Waals surface area contributed by atoms with Gasteiger partial charge in [-0.1, -0.05) is 32.0 Å². The molecule has 0 radical (unpaired) electrons. The lowest BCUT2D eigenvalue weighted by molar-refractivity contribution is -0.121. The van der Waals surface area contributed by atoms with E-state index in [1.807, 2.05) is 37.6 Å². The fourth-order valence-electron chi connectivity index (χ4n) is 4.00. The number of amides is 1. The molecule has 174 valence electrons. The number of rotatable bonds is 9. The molecule has 2 heterocycles. The van der Waals surface area contributed by atoms with Gasteiger partial charge in [0.25, 0.3) is 0 Å². The molecule has 0 bridgehead atoms. The average molecular weight is 485 g/mol. The van der Waals surface area contributed by atoms with E-state index < -0.39 is 10.0 Å². The number of hydrogen-bond acceptors (Lipinski definition) is 5. The van der Waals surface area contributed by atoms with E-state index in [0.717, 1.165) is 16.9 Å². The Balaban J connectivity index is 1.44. The first-order chi connectivity index (χ1) is 15.8. The highest BCUT2D eigenvalue weighted by Crippen LogP contribution is 2.26. The maximum absolute atomic E-state index is 12.8. The van der Waals surface area contributed by atoms with Crippen LogP contribution in [0.1, 0.15) is 31.7 Å². The third kappa shape index (κ3) is 4.66. The van der Waals surface area contributed by atoms with Crippen molar-refractivity contribution in [2.75, 3.05) is 13.1 Å². The fraction of sp³-hybridized carbons (Fsp3) is 0.333. The standard InChI is InChI=1S/C24H28N4O3S2/c1-4-28(5-2)33(30,31)18-10-11-21-20(14-18)26-23(27(21)3)12-13-24(29)25-15-17-16-32-22-9-7-6-8-19(17)22/h6-11,14,16H,4-5,12-13,15H2,1-3H3,(H,25,29). The molecule has 0 spiro atoms. The summed E-state index contributed by atoms with van der Waals surface area (Å²) in [6.45, 7) is 4.98. The highest BCUT2D eigenvalue weighted by atomic mass is 32.2. The number of aromatic nitrogens is 2. The Bertz CT molecular complexity index is 1400. The van der Waals surface area contributed by atoms with Crippen molar-refractivity contribution in [1.82, 2.24) is 19.2 Å². The van der Waals surface area contributed by atoms with Crippen LogP contribution >= 0.6 is 11.3 Å². The van der Waals surface area contributed by atoms with Gasteiger partial charge in [0.05, 0.1) is 15.9 Å². The van der Waals surface area contributed by atoms with Crippen LogP contribution in [0.25, 0.3) is 21.1 Å². The van der Waals surface area contributed by atoms with Crippen LogP contribution in [0.3, 0.4) is 0 Å². The number of thiophene rings is 1. The minimum absolute atomic E-state index is 0.0397. The summed E-state index contributed by atoms with van der Waals surface area (Å²) < 4.78 is 30.2. The Kier molecular flexibility index (Phi) is 6.83. The number of nitrogens with one attached hydrogen (secondary N) is 1. The van der Waals surface area contributed by atoms with Crippen molar-refractivity contribution >= 4 is 48.4 Å². The predicted octanol–water partition coefficient (Wildman–Crippen LogP) is 4.07. The van der Waals surface area contributed by atoms with E-state index in [4.69, 9.17) is 0 Å². The number of aryl methyl sites for hydroxylation is 2. The maximum Gasteiger partial charge on any atom is 0.243 e. The van der Waals surface area contributed by atoms with Crippen LogP contribution in [0.15, 0.2) is 52.7 Å². The van der Waals surface area contributed by atoms with E-state index in [1.54, 1.807) is 29.5 Å². The van der Waals surface area contributed by atoms with Crippen molar-refractivity contribution in [2.45, 2.75) is 38.1 Å². The van der Waals surface area contributed by atoms with Gasteiger partial charge in [-0.05, 0) is 40.6 Å². The zero-order chi connectivity index (χ0) is 23.6. The Labute approximate surface area is 198 Å². The van der Waals surface area contributed by atoms with Crippen LogP contribution < -0.4 is 5.32 Å². The van der Waals surface area contributed by atoms with Crippen LogP contribution in [-0.4, -0.2) is 41.3 Å². The van der Waals surface area contributed by atoms with Gasteiger partial charge in [0.1, 0.15) is 5.82 Å². The summed E-state index contributed by atoms with van der Waals surface area (Å²) in [5.74, 6) is 0.709. The summed E-state index contributed by atoms with van der Waals surface area (Å²) in [5.41, 5.74) is 2.58. The molecule has 7 nitrogen and oxygen atoms in total. The fourth-order valence-corrected chi connectivity index (χ4v) is 6.44. The Morgan fingerprint density at radius 3 is 2.67 bits per heavy atom. The number of fused-ring (bicyclic) bond motifs is 2. The van der Waals surface area contributed by atoms with Gasteiger partial charge in [0.2, 0.25) is 15.9 Å². The Morgan fingerprint density at radius 2 is 1.91 bits per heavy atom. The molecule has 2 aromatic carbocycles.